The van der Waals surface area contributed by atoms with E-state index in [1.807, 2.05) is 36.4 Å². The molecule has 2 N–H and O–H groups in total. The number of Topliss-reactive ketones (excluding diaryl/α,β-unsaturated/α-hetero) is 1. The van der Waals surface area contributed by atoms with E-state index in [9.17, 15) is 4.79 Å². The molecule has 0 fully saturated rings. The number of hydrogen-bond acceptors (Lipinski definition) is 7. The Balaban J connectivity index is 1.71. The Labute approximate surface area is 145 Å². The number of carbonyl (C=O) groups is 1. The minimum atomic E-state index is 0.0289. The van der Waals surface area contributed by atoms with Gasteiger partial charge >= 0.3 is 0 Å². The minimum absolute atomic E-state index is 0.0289. The van der Waals surface area contributed by atoms with Gasteiger partial charge in [-0.3, -0.25) is 4.79 Å². The van der Waals surface area contributed by atoms with Crippen LogP contribution in [-0.4, -0.2) is 28.1 Å². The summed E-state index contributed by atoms with van der Waals surface area (Å²) in [5.74, 6) is 1.72. The predicted molar refractivity (Wildman–Crippen MR) is 95.8 cm³/mol. The zero-order valence-electron chi connectivity index (χ0n) is 13.9. The molecule has 0 bridgehead atoms. The highest BCUT2D eigenvalue weighted by Gasteiger charge is 2.04. The molecule has 1 heterocycles. The van der Waals surface area contributed by atoms with Crippen molar-refractivity contribution in [1.82, 2.24) is 15.2 Å². The van der Waals surface area contributed by atoms with Crippen LogP contribution in [0, 0.1) is 0 Å². The Hall–Kier alpha value is -3.48. The fourth-order valence-corrected chi connectivity index (χ4v) is 2.16. The van der Waals surface area contributed by atoms with Crippen molar-refractivity contribution in [2.24, 2.45) is 0 Å². The van der Waals surface area contributed by atoms with Gasteiger partial charge in [0.1, 0.15) is 5.75 Å². The van der Waals surface area contributed by atoms with Gasteiger partial charge in [-0.25, -0.2) is 0 Å². The molecule has 0 aliphatic carbocycles. The maximum absolute atomic E-state index is 11.3. The number of anilines is 4. The number of methoxy groups -OCH3 is 1. The molecule has 1 aromatic heterocycles. The van der Waals surface area contributed by atoms with E-state index in [-0.39, 0.29) is 5.78 Å². The van der Waals surface area contributed by atoms with Crippen molar-refractivity contribution >= 4 is 28.9 Å². The Bertz CT molecular complexity index is 863. The first kappa shape index (κ1) is 16.4. The molecule has 7 heteroatoms. The predicted octanol–water partition coefficient (Wildman–Crippen LogP) is 3.57. The van der Waals surface area contributed by atoms with E-state index < -0.39 is 0 Å². The molecule has 3 rings (SSSR count). The lowest BCUT2D eigenvalue weighted by atomic mass is 10.1. The van der Waals surface area contributed by atoms with Crippen molar-refractivity contribution in [2.75, 3.05) is 17.7 Å². The molecule has 0 radical (unpaired) electrons. The zero-order chi connectivity index (χ0) is 17.6. The lowest BCUT2D eigenvalue weighted by Gasteiger charge is -2.08. The molecule has 7 nitrogen and oxygen atoms in total. The summed E-state index contributed by atoms with van der Waals surface area (Å²) in [5.41, 5.74) is 2.29. The van der Waals surface area contributed by atoms with Gasteiger partial charge < -0.3 is 15.4 Å². The van der Waals surface area contributed by atoms with E-state index >= 15 is 0 Å². The molecule has 3 aromatic rings. The summed E-state index contributed by atoms with van der Waals surface area (Å²) in [5, 5.41) is 14.1. The highest BCUT2D eigenvalue weighted by atomic mass is 16.5. The first-order valence-corrected chi connectivity index (χ1v) is 7.63. The van der Waals surface area contributed by atoms with Crippen LogP contribution in [0.25, 0.3) is 0 Å². The maximum atomic E-state index is 11.3. The molecule has 0 atom stereocenters. The maximum Gasteiger partial charge on any atom is 0.249 e. The fraction of sp³-hybridized carbons (Fsp3) is 0.111. The Morgan fingerprint density at radius 1 is 0.960 bits per heavy atom. The second-order valence-corrected chi connectivity index (χ2v) is 5.28. The number of nitrogens with one attached hydrogen (secondary N) is 2. The van der Waals surface area contributed by atoms with E-state index in [4.69, 9.17) is 4.74 Å². The van der Waals surface area contributed by atoms with Crippen LogP contribution in [0.2, 0.25) is 0 Å². The van der Waals surface area contributed by atoms with Gasteiger partial charge in [0.05, 0.1) is 13.3 Å². The van der Waals surface area contributed by atoms with Gasteiger partial charge in [0.15, 0.2) is 11.6 Å². The summed E-state index contributed by atoms with van der Waals surface area (Å²) in [7, 11) is 1.62. The van der Waals surface area contributed by atoms with Gasteiger partial charge in [-0.15, -0.1) is 5.10 Å². The van der Waals surface area contributed by atoms with Crippen LogP contribution in [-0.2, 0) is 0 Å². The van der Waals surface area contributed by atoms with Crippen molar-refractivity contribution in [2.45, 2.75) is 6.92 Å². The summed E-state index contributed by atoms with van der Waals surface area (Å²) in [6.45, 7) is 1.54. The van der Waals surface area contributed by atoms with E-state index in [2.05, 4.69) is 25.8 Å². The zero-order valence-corrected chi connectivity index (χ0v) is 13.9. The van der Waals surface area contributed by atoms with Crippen LogP contribution in [0.4, 0.5) is 23.1 Å². The Morgan fingerprint density at radius 2 is 1.60 bits per heavy atom. The molecule has 0 amide bonds. The molecule has 0 saturated heterocycles. The second kappa shape index (κ2) is 7.39. The Morgan fingerprint density at radius 3 is 2.24 bits per heavy atom. The first-order chi connectivity index (χ1) is 12.1. The van der Waals surface area contributed by atoms with Gasteiger partial charge in [0.2, 0.25) is 5.95 Å². The lowest BCUT2D eigenvalue weighted by Crippen LogP contribution is -2.02. The molecule has 2 aromatic carbocycles. The van der Waals surface area contributed by atoms with E-state index in [1.165, 1.54) is 13.1 Å². The second-order valence-electron chi connectivity index (χ2n) is 5.28. The van der Waals surface area contributed by atoms with Crippen molar-refractivity contribution in [3.8, 4) is 5.75 Å². The fourth-order valence-electron chi connectivity index (χ4n) is 2.16. The smallest absolute Gasteiger partial charge is 0.249 e. The molecule has 0 spiro atoms. The largest absolute Gasteiger partial charge is 0.497 e. The van der Waals surface area contributed by atoms with Crippen LogP contribution in [0.3, 0.4) is 0 Å². The molecule has 0 saturated carbocycles. The quantitative estimate of drug-likeness (QED) is 0.666. The number of aromatic nitrogens is 3. The highest BCUT2D eigenvalue weighted by Crippen LogP contribution is 2.19. The van der Waals surface area contributed by atoms with Gasteiger partial charge in [-0.05, 0) is 55.5 Å². The van der Waals surface area contributed by atoms with E-state index in [0.29, 0.717) is 17.3 Å². The van der Waals surface area contributed by atoms with Crippen LogP contribution in [0.5, 0.6) is 5.75 Å². The number of rotatable bonds is 6. The molecular weight excluding hydrogens is 318 g/mol. The third-order valence-electron chi connectivity index (χ3n) is 3.47. The molecular formula is C18H17N5O2. The Kier molecular flexibility index (Phi) is 4.84. The van der Waals surface area contributed by atoms with Gasteiger partial charge in [-0.2, -0.15) is 10.1 Å². The SMILES string of the molecule is COc1ccc(Nc2nncc(Nc3ccc(C(C)=O)cc3)n2)cc1. The number of hydrogen-bond donors (Lipinski definition) is 2. The topological polar surface area (TPSA) is 89.0 Å². The van der Waals surface area contributed by atoms with Crippen LogP contribution in [0.1, 0.15) is 17.3 Å². The number of nitrogens with zero attached hydrogens (tertiary/aromatic N) is 3. The molecule has 0 aliphatic heterocycles. The average molecular weight is 335 g/mol. The highest BCUT2D eigenvalue weighted by molar-refractivity contribution is 5.94. The van der Waals surface area contributed by atoms with Crippen molar-refractivity contribution < 1.29 is 9.53 Å². The van der Waals surface area contributed by atoms with Crippen LogP contribution >= 0.6 is 0 Å². The minimum Gasteiger partial charge on any atom is -0.497 e. The molecule has 0 aliphatic rings. The lowest BCUT2D eigenvalue weighted by molar-refractivity contribution is 0.101. The summed E-state index contributed by atoms with van der Waals surface area (Å²) >= 11 is 0. The first-order valence-electron chi connectivity index (χ1n) is 7.63. The number of ether oxygens (including phenoxy) is 1. The number of carbonyl (C=O) groups excluding carboxylic acids is 1. The number of benzene rings is 2. The normalized spacial score (nSPS) is 10.2. The molecule has 25 heavy (non-hydrogen) atoms. The van der Waals surface area contributed by atoms with E-state index in [1.54, 1.807) is 19.2 Å². The third kappa shape index (κ3) is 4.29. The van der Waals surface area contributed by atoms with Gasteiger partial charge in [0.25, 0.3) is 0 Å². The van der Waals surface area contributed by atoms with Crippen LogP contribution in [0.15, 0.2) is 54.7 Å². The summed E-state index contributed by atoms with van der Waals surface area (Å²) in [6, 6.07) is 14.6. The summed E-state index contributed by atoms with van der Waals surface area (Å²) < 4.78 is 5.13. The molecule has 126 valence electrons. The summed E-state index contributed by atoms with van der Waals surface area (Å²) in [4.78, 5) is 15.7. The van der Waals surface area contributed by atoms with Crippen LogP contribution < -0.4 is 15.4 Å². The standard InChI is InChI=1S/C18H17N5O2/c1-12(24)13-3-5-14(6-4-13)20-17-11-19-23-18(22-17)21-15-7-9-16(25-2)10-8-15/h3-11H,1-2H3,(H2,20,21,22,23). The van der Waals surface area contributed by atoms with Gasteiger partial charge in [-0.1, -0.05) is 0 Å². The third-order valence-corrected chi connectivity index (χ3v) is 3.47. The average Bonchev–Trinajstić information content (AvgIpc) is 2.63. The van der Waals surface area contributed by atoms with Crippen molar-refractivity contribution in [1.29, 1.82) is 0 Å². The summed E-state index contributed by atoms with van der Waals surface area (Å²) in [6.07, 6.45) is 1.53. The van der Waals surface area contributed by atoms with E-state index in [0.717, 1.165) is 17.1 Å². The molecule has 0 unspecified atom stereocenters. The van der Waals surface area contributed by atoms with Crippen molar-refractivity contribution in [3.63, 3.8) is 0 Å². The van der Waals surface area contributed by atoms with Gasteiger partial charge in [0, 0.05) is 16.9 Å². The number of ketones is 1. The monoisotopic (exact) mass is 335 g/mol. The van der Waals surface area contributed by atoms with Crippen molar-refractivity contribution in [3.05, 3.63) is 60.3 Å².